The van der Waals surface area contributed by atoms with Gasteiger partial charge in [-0.2, -0.15) is 0 Å². The predicted octanol–water partition coefficient (Wildman–Crippen LogP) is 15.6. The molecule has 107 heavy (non-hydrogen) atoms. The van der Waals surface area contributed by atoms with E-state index in [0.29, 0.717) is 5.75 Å². The van der Waals surface area contributed by atoms with Gasteiger partial charge < -0.3 is 34.3 Å². The Morgan fingerprint density at radius 3 is 0.879 bits per heavy atom. The summed E-state index contributed by atoms with van der Waals surface area (Å²) in [5.41, 5.74) is 7.57. The van der Waals surface area contributed by atoms with Gasteiger partial charge in [0.15, 0.2) is 6.29 Å². The standard InChI is InChI=1S/C96H90N4O7/c1-104-82-64-62-69(63-65-82)68-105-90-83(98-94(73-44-20-5-21-45-73,74-46-22-6-23-47-74)75-48-24-7-25-49-75)66-84(99-95(76-50-26-8-27-51-76,77-52-28-9-29-53-77)78-54-30-10-31-55-78)91(89(90)103)107-92-86(100-96(79-56-32-11-33-57-79,80-58-34-12-35-59-80)81-60-36-13-37-61-81)88(102)87(101)85(106-92)67-97-93(70-38-14-2-15-39-70,71-40-16-3-17-41-71)72-42-18-4-19-43-72/h2-65,83-92,97-103H,66-68H2,1H3/t83-,84+,85-,86-,87-,88?,89-,90+,91-,92-/m1/s1. The minimum atomic E-state index is -1.60. The number of aliphatic hydroxyl groups is 3. The number of nitrogens with one attached hydrogen (secondary N) is 4. The van der Waals surface area contributed by atoms with Crippen molar-refractivity contribution >= 4 is 0 Å². The van der Waals surface area contributed by atoms with Crippen molar-refractivity contribution in [1.29, 1.82) is 0 Å². The molecule has 1 saturated heterocycles. The highest BCUT2D eigenvalue weighted by Crippen LogP contribution is 2.46. The third kappa shape index (κ3) is 14.5. The highest BCUT2D eigenvalue weighted by molar-refractivity contribution is 5.55. The van der Waals surface area contributed by atoms with Crippen molar-refractivity contribution in [3.8, 4) is 5.75 Å². The summed E-state index contributed by atoms with van der Waals surface area (Å²) in [6, 6.07) is 129. The number of hydrogen-bond donors (Lipinski definition) is 7. The Labute approximate surface area is 628 Å². The van der Waals surface area contributed by atoms with E-state index in [1.807, 2.05) is 170 Å². The number of hydrogen-bond acceptors (Lipinski definition) is 11. The van der Waals surface area contributed by atoms with Crippen LogP contribution in [0.5, 0.6) is 5.75 Å². The van der Waals surface area contributed by atoms with Gasteiger partial charge in [-0.15, -0.1) is 0 Å². The first-order valence-corrected chi connectivity index (χ1v) is 37.1. The molecule has 13 aromatic rings. The zero-order valence-corrected chi connectivity index (χ0v) is 59.8. The molecule has 13 aromatic carbocycles. The van der Waals surface area contributed by atoms with Crippen LogP contribution in [0, 0.1) is 0 Å². The Bertz CT molecular complexity index is 4450. The molecule has 1 aliphatic heterocycles. The number of rotatable bonds is 27. The van der Waals surface area contributed by atoms with Crippen LogP contribution in [0.25, 0.3) is 0 Å². The lowest BCUT2D eigenvalue weighted by Crippen LogP contribution is -2.72. The topological polar surface area (TPSA) is 146 Å². The summed E-state index contributed by atoms with van der Waals surface area (Å²) in [6.07, 6.45) is -9.28. The zero-order chi connectivity index (χ0) is 72.9. The molecule has 7 N–H and O–H groups in total. The summed E-state index contributed by atoms with van der Waals surface area (Å²) < 4.78 is 29.0. The molecule has 1 aliphatic carbocycles. The first-order chi connectivity index (χ1) is 52.7. The van der Waals surface area contributed by atoms with Gasteiger partial charge in [-0.3, -0.25) is 21.3 Å². The molecule has 15 rings (SSSR count). The van der Waals surface area contributed by atoms with Gasteiger partial charge in [0.2, 0.25) is 0 Å². The molecule has 2 aliphatic rings. The summed E-state index contributed by atoms with van der Waals surface area (Å²) in [6.45, 7) is 0.0903. The van der Waals surface area contributed by atoms with Gasteiger partial charge in [0.25, 0.3) is 0 Å². The van der Waals surface area contributed by atoms with Crippen molar-refractivity contribution in [2.45, 2.75) is 96.2 Å². The van der Waals surface area contributed by atoms with Crippen molar-refractivity contribution in [3.63, 3.8) is 0 Å². The molecular formula is C96H90N4O7. The smallest absolute Gasteiger partial charge is 0.176 e. The molecule has 536 valence electrons. The van der Waals surface area contributed by atoms with Gasteiger partial charge in [0.1, 0.15) is 42.4 Å². The van der Waals surface area contributed by atoms with Crippen LogP contribution in [0.4, 0.5) is 0 Å². The maximum absolute atomic E-state index is 14.8. The molecule has 10 atom stereocenters. The van der Waals surface area contributed by atoms with Gasteiger partial charge in [-0.05, 0) is 90.9 Å². The Balaban J connectivity index is 0.948. The van der Waals surface area contributed by atoms with Gasteiger partial charge in [0.05, 0.1) is 41.9 Å². The van der Waals surface area contributed by atoms with E-state index in [-0.39, 0.29) is 19.6 Å². The molecule has 1 saturated carbocycles. The fraction of sp³-hybridized carbons (Fsp3) is 0.188. The average molecular weight is 1410 g/mol. The fourth-order valence-electron chi connectivity index (χ4n) is 16.7. The van der Waals surface area contributed by atoms with E-state index < -0.39 is 83.2 Å². The Morgan fingerprint density at radius 2 is 0.589 bits per heavy atom. The lowest BCUT2D eigenvalue weighted by molar-refractivity contribution is -0.298. The lowest BCUT2D eigenvalue weighted by Gasteiger charge is -2.53. The van der Waals surface area contributed by atoms with Crippen molar-refractivity contribution in [1.82, 2.24) is 21.3 Å². The minimum Gasteiger partial charge on any atom is -0.497 e. The highest BCUT2D eigenvalue weighted by atomic mass is 16.7. The van der Waals surface area contributed by atoms with E-state index in [9.17, 15) is 15.3 Å². The molecule has 11 heteroatoms. The van der Waals surface area contributed by atoms with Crippen molar-refractivity contribution in [3.05, 3.63) is 461 Å². The summed E-state index contributed by atoms with van der Waals surface area (Å²) in [5, 5.41) is 59.0. The second kappa shape index (κ2) is 33.0. The number of benzene rings is 13. The second-order valence-electron chi connectivity index (χ2n) is 27.9. The fourth-order valence-corrected chi connectivity index (χ4v) is 16.7. The molecule has 11 nitrogen and oxygen atoms in total. The van der Waals surface area contributed by atoms with E-state index >= 15 is 0 Å². The van der Waals surface area contributed by atoms with Crippen molar-refractivity contribution in [2.75, 3.05) is 13.7 Å². The minimum absolute atomic E-state index is 0.00114. The maximum atomic E-state index is 14.8. The van der Waals surface area contributed by atoms with Crippen LogP contribution in [0.2, 0.25) is 0 Å². The normalized spacial score (nSPS) is 20.6. The van der Waals surface area contributed by atoms with E-state index in [1.165, 1.54) is 0 Å². The van der Waals surface area contributed by atoms with Gasteiger partial charge in [-0.25, -0.2) is 0 Å². The van der Waals surface area contributed by atoms with E-state index in [0.717, 1.165) is 72.3 Å². The Morgan fingerprint density at radius 1 is 0.318 bits per heavy atom. The van der Waals surface area contributed by atoms with Crippen LogP contribution in [0.3, 0.4) is 0 Å². The summed E-state index contributed by atoms with van der Waals surface area (Å²) in [5.74, 6) is 0.698. The van der Waals surface area contributed by atoms with Crippen molar-refractivity contribution in [2.24, 2.45) is 0 Å². The van der Waals surface area contributed by atoms with Crippen LogP contribution >= 0.6 is 0 Å². The first-order valence-electron chi connectivity index (χ1n) is 37.1. The Kier molecular flexibility index (Phi) is 22.1. The monoisotopic (exact) mass is 1410 g/mol. The average Bonchev–Trinajstić information content (AvgIpc) is 0.743. The summed E-state index contributed by atoms with van der Waals surface area (Å²) in [4.78, 5) is 0. The van der Waals surface area contributed by atoms with E-state index in [1.54, 1.807) is 7.11 Å². The second-order valence-corrected chi connectivity index (χ2v) is 27.9. The molecule has 0 radical (unpaired) electrons. The Hall–Kier alpha value is -10.7. The zero-order valence-electron chi connectivity index (χ0n) is 59.8. The van der Waals surface area contributed by atoms with Gasteiger partial charge >= 0.3 is 0 Å². The maximum Gasteiger partial charge on any atom is 0.176 e. The van der Waals surface area contributed by atoms with E-state index in [4.69, 9.17) is 18.9 Å². The largest absolute Gasteiger partial charge is 0.497 e. The van der Waals surface area contributed by atoms with Crippen LogP contribution in [0.1, 0.15) is 78.7 Å². The number of ether oxygens (including phenoxy) is 4. The molecule has 0 bridgehead atoms. The molecular weight excluding hydrogens is 1320 g/mol. The van der Waals surface area contributed by atoms with Crippen LogP contribution < -0.4 is 26.0 Å². The summed E-state index contributed by atoms with van der Waals surface area (Å²) >= 11 is 0. The number of methoxy groups -OCH3 is 1. The third-order valence-corrected chi connectivity index (χ3v) is 21.8. The highest BCUT2D eigenvalue weighted by Gasteiger charge is 2.57. The van der Waals surface area contributed by atoms with Crippen LogP contribution in [-0.2, 0) is 43.0 Å². The molecule has 2 fully saturated rings. The SMILES string of the molecule is COc1ccc(CO[C@@H]2[C@@H](O)[C@H](O[C@H]3O[C@H](CNC(c4ccccc4)(c4ccccc4)c4ccccc4)[C@@H](O)C(O)[C@H]3NC(c3ccccc3)(c3ccccc3)c3ccccc3)[C@@H](NC(c3ccccc3)(c3ccccc3)c3ccccc3)C[C@H]2NC(c2ccccc2)(c2ccccc2)c2ccccc2)cc1. The molecule has 1 heterocycles. The molecule has 0 spiro atoms. The van der Waals surface area contributed by atoms with Gasteiger partial charge in [-0.1, -0.05) is 376 Å². The third-order valence-electron chi connectivity index (χ3n) is 21.8. The molecule has 1 unspecified atom stereocenters. The predicted molar refractivity (Wildman–Crippen MR) is 423 cm³/mol. The first kappa shape index (κ1) is 71.9. The molecule has 0 aromatic heterocycles. The molecule has 0 amide bonds. The van der Waals surface area contributed by atoms with Crippen LogP contribution in [-0.4, -0.2) is 90.0 Å². The lowest BCUT2D eigenvalue weighted by atomic mass is 9.72. The quantitative estimate of drug-likeness (QED) is 0.0247. The van der Waals surface area contributed by atoms with Gasteiger partial charge in [0, 0.05) is 18.6 Å². The van der Waals surface area contributed by atoms with Crippen LogP contribution in [0.15, 0.2) is 388 Å². The van der Waals surface area contributed by atoms with Crippen molar-refractivity contribution < 1.29 is 34.3 Å². The summed E-state index contributed by atoms with van der Waals surface area (Å²) in [7, 11) is 1.65. The van der Waals surface area contributed by atoms with E-state index in [2.05, 4.69) is 240 Å². The number of aliphatic hydroxyl groups excluding tert-OH is 3.